The number of hydrogen-bond acceptors (Lipinski definition) is 5. The molecule has 0 radical (unpaired) electrons. The van der Waals surface area contributed by atoms with E-state index in [1.807, 2.05) is 27.7 Å². The van der Waals surface area contributed by atoms with E-state index in [1.54, 1.807) is 37.4 Å². The van der Waals surface area contributed by atoms with E-state index in [0.717, 1.165) is 5.56 Å². The maximum absolute atomic E-state index is 13.0. The number of aromatic hydroxyl groups is 1. The number of rotatable bonds is 5. The number of carbonyl (C=O) groups excluding carboxylic acids is 2. The lowest BCUT2D eigenvalue weighted by Gasteiger charge is -2.25. The quantitative estimate of drug-likeness (QED) is 0.419. The van der Waals surface area contributed by atoms with E-state index in [2.05, 4.69) is 0 Å². The van der Waals surface area contributed by atoms with Crippen LogP contribution < -0.4 is 4.74 Å². The Labute approximate surface area is 182 Å². The molecule has 6 heteroatoms. The molecule has 1 unspecified atom stereocenters. The van der Waals surface area contributed by atoms with Crippen LogP contribution in [0.25, 0.3) is 5.76 Å². The van der Waals surface area contributed by atoms with Crippen LogP contribution in [-0.4, -0.2) is 40.5 Å². The number of amides is 1. The number of aliphatic hydroxyl groups excluding tert-OH is 1. The highest BCUT2D eigenvalue weighted by atomic mass is 16.5. The van der Waals surface area contributed by atoms with Crippen molar-refractivity contribution in [3.63, 3.8) is 0 Å². The molecule has 3 rings (SSSR count). The van der Waals surface area contributed by atoms with Gasteiger partial charge < -0.3 is 19.8 Å². The Kier molecular flexibility index (Phi) is 6.11. The fourth-order valence-corrected chi connectivity index (χ4v) is 3.99. The predicted molar refractivity (Wildman–Crippen MR) is 119 cm³/mol. The van der Waals surface area contributed by atoms with E-state index in [-0.39, 0.29) is 22.5 Å². The van der Waals surface area contributed by atoms with Crippen LogP contribution in [0.2, 0.25) is 0 Å². The van der Waals surface area contributed by atoms with Crippen molar-refractivity contribution >= 4 is 17.4 Å². The standard InChI is InChI=1S/C25H29NO5/c1-6-12-26-21(15-8-7-9-17(27)13-15)20(23(29)24(26)30)22(28)16-10-11-19(31-5)18(14-16)25(2,3)4/h7-11,13-14,21,27-28H,6,12H2,1-5H3/b22-20-. The van der Waals surface area contributed by atoms with Crippen LogP contribution in [0.3, 0.4) is 0 Å². The van der Waals surface area contributed by atoms with Crippen LogP contribution in [0.5, 0.6) is 11.5 Å². The van der Waals surface area contributed by atoms with E-state index < -0.39 is 17.7 Å². The monoisotopic (exact) mass is 423 g/mol. The molecule has 2 N–H and O–H groups in total. The van der Waals surface area contributed by atoms with Crippen molar-refractivity contribution in [1.29, 1.82) is 0 Å². The molecule has 1 aliphatic heterocycles. The number of Topliss-reactive ketones (excluding diaryl/α,β-unsaturated/α-hetero) is 1. The van der Waals surface area contributed by atoms with Crippen molar-refractivity contribution in [3.8, 4) is 11.5 Å². The smallest absolute Gasteiger partial charge is 0.295 e. The molecule has 164 valence electrons. The first kappa shape index (κ1) is 22.4. The van der Waals surface area contributed by atoms with Crippen LogP contribution in [0.1, 0.15) is 56.8 Å². The molecule has 1 fully saturated rings. The van der Waals surface area contributed by atoms with Crippen LogP contribution in [0.15, 0.2) is 48.0 Å². The van der Waals surface area contributed by atoms with Gasteiger partial charge in [-0.2, -0.15) is 0 Å². The van der Waals surface area contributed by atoms with Gasteiger partial charge in [-0.1, -0.05) is 39.8 Å². The molecule has 1 aliphatic rings. The minimum Gasteiger partial charge on any atom is -0.508 e. The Hall–Kier alpha value is -3.28. The number of phenolic OH excluding ortho intramolecular Hbond substituents is 1. The maximum atomic E-state index is 13.0. The summed E-state index contributed by atoms with van der Waals surface area (Å²) in [4.78, 5) is 27.2. The summed E-state index contributed by atoms with van der Waals surface area (Å²) in [6.45, 7) is 8.36. The van der Waals surface area contributed by atoms with Crippen LogP contribution in [0.4, 0.5) is 0 Å². The molecule has 1 saturated heterocycles. The summed E-state index contributed by atoms with van der Waals surface area (Å²) >= 11 is 0. The number of ketones is 1. The van der Waals surface area contributed by atoms with E-state index in [9.17, 15) is 19.8 Å². The third-order valence-electron chi connectivity index (χ3n) is 5.47. The van der Waals surface area contributed by atoms with Crippen molar-refractivity contribution in [1.82, 2.24) is 4.90 Å². The van der Waals surface area contributed by atoms with Gasteiger partial charge in [0.05, 0.1) is 18.7 Å². The summed E-state index contributed by atoms with van der Waals surface area (Å²) in [5.41, 5.74) is 1.63. The molecule has 0 spiro atoms. The molecule has 1 amide bonds. The first-order valence-corrected chi connectivity index (χ1v) is 10.4. The second kappa shape index (κ2) is 8.46. The van der Waals surface area contributed by atoms with Gasteiger partial charge in [-0.3, -0.25) is 9.59 Å². The molecule has 1 heterocycles. The maximum Gasteiger partial charge on any atom is 0.295 e. The number of likely N-dealkylation sites (tertiary alicyclic amines) is 1. The molecule has 0 aliphatic carbocycles. The summed E-state index contributed by atoms with van der Waals surface area (Å²) in [7, 11) is 1.59. The van der Waals surface area contributed by atoms with E-state index >= 15 is 0 Å². The van der Waals surface area contributed by atoms with Crippen molar-refractivity contribution in [2.24, 2.45) is 0 Å². The molecule has 2 aromatic rings. The number of hydrogen-bond donors (Lipinski definition) is 2. The van der Waals surface area contributed by atoms with Gasteiger partial charge in [0, 0.05) is 17.7 Å². The fraction of sp³-hybridized carbons (Fsp3) is 0.360. The van der Waals surface area contributed by atoms with Crippen molar-refractivity contribution in [2.75, 3.05) is 13.7 Å². The van der Waals surface area contributed by atoms with Crippen LogP contribution >= 0.6 is 0 Å². The summed E-state index contributed by atoms with van der Waals surface area (Å²) in [6.07, 6.45) is 0.652. The SMILES string of the molecule is CCCN1C(=O)C(=O)/C(=C(\O)c2ccc(OC)c(C(C)(C)C)c2)C1c1cccc(O)c1. The lowest BCUT2D eigenvalue weighted by Crippen LogP contribution is -2.30. The van der Waals surface area contributed by atoms with E-state index in [4.69, 9.17) is 4.74 Å². The molecule has 0 bridgehead atoms. The van der Waals surface area contributed by atoms with Gasteiger partial charge in [-0.05, 0) is 47.7 Å². The van der Waals surface area contributed by atoms with Gasteiger partial charge in [0.2, 0.25) is 0 Å². The van der Waals surface area contributed by atoms with E-state index in [1.165, 1.54) is 17.0 Å². The molecular weight excluding hydrogens is 394 g/mol. The van der Waals surface area contributed by atoms with Gasteiger partial charge in [0.1, 0.15) is 17.3 Å². The second-order valence-electron chi connectivity index (χ2n) is 8.75. The normalized spacial score (nSPS) is 18.5. The average Bonchev–Trinajstić information content (AvgIpc) is 2.97. The zero-order valence-corrected chi connectivity index (χ0v) is 18.6. The number of benzene rings is 2. The molecule has 31 heavy (non-hydrogen) atoms. The lowest BCUT2D eigenvalue weighted by molar-refractivity contribution is -0.139. The second-order valence-corrected chi connectivity index (χ2v) is 8.75. The van der Waals surface area contributed by atoms with E-state index in [0.29, 0.717) is 29.8 Å². The number of aliphatic hydroxyl groups is 1. The van der Waals surface area contributed by atoms with Crippen LogP contribution in [-0.2, 0) is 15.0 Å². The molecule has 6 nitrogen and oxygen atoms in total. The van der Waals surface area contributed by atoms with Crippen molar-refractivity contribution < 1.29 is 24.5 Å². The molecular formula is C25H29NO5. The first-order valence-electron chi connectivity index (χ1n) is 10.4. The van der Waals surface area contributed by atoms with Gasteiger partial charge in [-0.25, -0.2) is 0 Å². The highest BCUT2D eigenvalue weighted by Crippen LogP contribution is 2.41. The summed E-state index contributed by atoms with van der Waals surface area (Å²) < 4.78 is 5.47. The molecule has 0 saturated carbocycles. The molecule has 2 aromatic carbocycles. The Morgan fingerprint density at radius 3 is 2.42 bits per heavy atom. The van der Waals surface area contributed by atoms with Gasteiger partial charge >= 0.3 is 0 Å². The van der Waals surface area contributed by atoms with Gasteiger partial charge in [0.25, 0.3) is 11.7 Å². The van der Waals surface area contributed by atoms with Crippen molar-refractivity contribution in [2.45, 2.75) is 45.6 Å². The molecule has 0 aromatic heterocycles. The topological polar surface area (TPSA) is 87.1 Å². The highest BCUT2D eigenvalue weighted by molar-refractivity contribution is 6.46. The van der Waals surface area contributed by atoms with Crippen molar-refractivity contribution in [3.05, 3.63) is 64.7 Å². The number of methoxy groups -OCH3 is 1. The fourth-order valence-electron chi connectivity index (χ4n) is 3.99. The number of carbonyl (C=O) groups is 2. The van der Waals surface area contributed by atoms with Crippen LogP contribution in [0, 0.1) is 0 Å². The Bertz CT molecular complexity index is 1050. The third-order valence-corrected chi connectivity index (χ3v) is 5.47. The summed E-state index contributed by atoms with van der Waals surface area (Å²) in [5, 5.41) is 21.2. The number of phenols is 1. The number of nitrogens with zero attached hydrogens (tertiary/aromatic N) is 1. The van der Waals surface area contributed by atoms with Gasteiger partial charge in [0.15, 0.2) is 0 Å². The Morgan fingerprint density at radius 1 is 1.13 bits per heavy atom. The lowest BCUT2D eigenvalue weighted by atomic mass is 9.84. The highest BCUT2D eigenvalue weighted by Gasteiger charge is 2.45. The first-order chi connectivity index (χ1) is 14.6. The summed E-state index contributed by atoms with van der Waals surface area (Å²) in [6, 6.07) is 10.9. The Balaban J connectivity index is 2.23. The average molecular weight is 424 g/mol. The summed E-state index contributed by atoms with van der Waals surface area (Å²) in [5.74, 6) is -0.911. The minimum absolute atomic E-state index is 0.0223. The molecule has 1 atom stereocenters. The third kappa shape index (κ3) is 4.15. The Morgan fingerprint density at radius 2 is 1.84 bits per heavy atom. The minimum atomic E-state index is -0.771. The number of ether oxygens (including phenoxy) is 1. The largest absolute Gasteiger partial charge is 0.508 e. The zero-order chi connectivity index (χ0) is 22.9. The van der Waals surface area contributed by atoms with Gasteiger partial charge in [-0.15, -0.1) is 0 Å². The zero-order valence-electron chi connectivity index (χ0n) is 18.6. The predicted octanol–water partition coefficient (Wildman–Crippen LogP) is 4.53.